The summed E-state index contributed by atoms with van der Waals surface area (Å²) in [6.07, 6.45) is 2.31. The van der Waals surface area contributed by atoms with Crippen LogP contribution in [0, 0.1) is 17.8 Å². The average Bonchev–Trinajstić information content (AvgIpc) is 2.92. The lowest BCUT2D eigenvalue weighted by Gasteiger charge is -2.28. The molecule has 5 heteroatoms. The summed E-state index contributed by atoms with van der Waals surface area (Å²) in [4.78, 5) is 15.2. The Morgan fingerprint density at radius 1 is 1.55 bits per heavy atom. The fourth-order valence-electron chi connectivity index (χ4n) is 2.31. The number of nitrogens with one attached hydrogen (secondary N) is 1. The second kappa shape index (κ2) is 7.44. The molecular weight excluding hydrogens is 270 g/mol. The number of hydrogen-bond donors (Lipinski definition) is 2. The number of thiophene rings is 1. The van der Waals surface area contributed by atoms with Crippen molar-refractivity contribution in [2.24, 2.45) is 11.7 Å². The highest BCUT2D eigenvalue weighted by atomic mass is 32.1. The van der Waals surface area contributed by atoms with Gasteiger partial charge in [-0.2, -0.15) is 0 Å². The molecule has 1 fully saturated rings. The van der Waals surface area contributed by atoms with Crippen LogP contribution in [0.1, 0.15) is 28.1 Å². The molecule has 2 heterocycles. The maximum absolute atomic E-state index is 12.2. The predicted octanol–water partition coefficient (Wildman–Crippen LogP) is 1.13. The number of carbonyl (C=O) groups is 1. The van der Waals surface area contributed by atoms with Crippen molar-refractivity contribution in [3.8, 4) is 11.8 Å². The molecular formula is C15H21N3OS. The first-order valence-electron chi connectivity index (χ1n) is 6.94. The minimum absolute atomic E-state index is 0.0137. The Morgan fingerprint density at radius 2 is 2.30 bits per heavy atom. The summed E-state index contributed by atoms with van der Waals surface area (Å²) < 4.78 is 0. The van der Waals surface area contributed by atoms with E-state index in [4.69, 9.17) is 5.73 Å². The second-order valence-corrected chi connectivity index (χ2v) is 6.04. The summed E-state index contributed by atoms with van der Waals surface area (Å²) in [7, 11) is 2.14. The van der Waals surface area contributed by atoms with Crippen LogP contribution >= 0.6 is 11.3 Å². The highest BCUT2D eigenvalue weighted by Gasteiger charge is 2.18. The van der Waals surface area contributed by atoms with E-state index in [-0.39, 0.29) is 5.91 Å². The number of amides is 1. The Hall–Kier alpha value is -1.35. The molecule has 4 nitrogen and oxygen atoms in total. The van der Waals surface area contributed by atoms with Crippen molar-refractivity contribution in [2.45, 2.75) is 12.8 Å². The summed E-state index contributed by atoms with van der Waals surface area (Å²) in [6, 6.07) is 1.87. The number of nitrogens with two attached hydrogens (primary N) is 1. The molecule has 1 saturated heterocycles. The number of carbonyl (C=O) groups excluding carboxylic acids is 1. The molecule has 2 rings (SSSR count). The molecule has 20 heavy (non-hydrogen) atoms. The van der Waals surface area contributed by atoms with Gasteiger partial charge in [0.1, 0.15) is 4.88 Å². The highest BCUT2D eigenvalue weighted by molar-refractivity contribution is 7.12. The lowest BCUT2D eigenvalue weighted by atomic mass is 9.97. The van der Waals surface area contributed by atoms with Gasteiger partial charge in [0.05, 0.1) is 6.54 Å². The molecule has 0 radical (unpaired) electrons. The van der Waals surface area contributed by atoms with Crippen LogP contribution in [0.4, 0.5) is 0 Å². The van der Waals surface area contributed by atoms with Gasteiger partial charge < -0.3 is 16.0 Å². The first kappa shape index (κ1) is 15.0. The lowest BCUT2D eigenvalue weighted by Crippen LogP contribution is -2.36. The molecule has 0 unspecified atom stereocenters. The van der Waals surface area contributed by atoms with Crippen molar-refractivity contribution in [1.82, 2.24) is 10.2 Å². The van der Waals surface area contributed by atoms with Crippen molar-refractivity contribution in [2.75, 3.05) is 33.2 Å². The second-order valence-electron chi connectivity index (χ2n) is 5.13. The van der Waals surface area contributed by atoms with Gasteiger partial charge in [0, 0.05) is 12.1 Å². The highest BCUT2D eigenvalue weighted by Crippen LogP contribution is 2.17. The van der Waals surface area contributed by atoms with Gasteiger partial charge in [0.15, 0.2) is 0 Å². The van der Waals surface area contributed by atoms with Gasteiger partial charge in [0.2, 0.25) is 0 Å². The molecule has 0 saturated carbocycles. The maximum atomic E-state index is 12.2. The van der Waals surface area contributed by atoms with Gasteiger partial charge in [-0.15, -0.1) is 11.3 Å². The van der Waals surface area contributed by atoms with Gasteiger partial charge >= 0.3 is 0 Å². The lowest BCUT2D eigenvalue weighted by molar-refractivity contribution is 0.0943. The van der Waals surface area contributed by atoms with Crippen molar-refractivity contribution < 1.29 is 4.79 Å². The first-order chi connectivity index (χ1) is 9.70. The van der Waals surface area contributed by atoms with Crippen LogP contribution in [0.5, 0.6) is 0 Å². The Morgan fingerprint density at radius 3 is 3.00 bits per heavy atom. The fourth-order valence-corrected chi connectivity index (χ4v) is 3.08. The zero-order chi connectivity index (χ0) is 14.4. The van der Waals surface area contributed by atoms with Gasteiger partial charge in [-0.1, -0.05) is 11.8 Å². The quantitative estimate of drug-likeness (QED) is 0.821. The van der Waals surface area contributed by atoms with Crippen molar-refractivity contribution >= 4 is 17.2 Å². The predicted molar refractivity (Wildman–Crippen MR) is 82.8 cm³/mol. The number of hydrogen-bond acceptors (Lipinski definition) is 4. The van der Waals surface area contributed by atoms with E-state index in [2.05, 4.69) is 29.1 Å². The Balaban J connectivity index is 1.87. The molecule has 1 amide bonds. The molecule has 0 spiro atoms. The van der Waals surface area contributed by atoms with Crippen molar-refractivity contribution in [3.63, 3.8) is 0 Å². The van der Waals surface area contributed by atoms with E-state index in [9.17, 15) is 4.79 Å². The molecule has 1 aliphatic rings. The molecule has 0 atom stereocenters. The van der Waals surface area contributed by atoms with Crippen LogP contribution in [-0.4, -0.2) is 44.0 Å². The minimum atomic E-state index is -0.0137. The number of piperidine rings is 1. The van der Waals surface area contributed by atoms with Gasteiger partial charge in [-0.05, 0) is 50.3 Å². The number of likely N-dealkylation sites (tertiary alicyclic amines) is 1. The monoisotopic (exact) mass is 291 g/mol. The Kier molecular flexibility index (Phi) is 5.60. The fraction of sp³-hybridized carbons (Fsp3) is 0.533. The van der Waals surface area contributed by atoms with E-state index in [1.54, 1.807) is 0 Å². The molecule has 3 N–H and O–H groups in total. The summed E-state index contributed by atoms with van der Waals surface area (Å²) in [5.41, 5.74) is 6.14. The summed E-state index contributed by atoms with van der Waals surface area (Å²) in [6.45, 7) is 3.31. The topological polar surface area (TPSA) is 58.4 Å². The van der Waals surface area contributed by atoms with Crippen LogP contribution in [0.2, 0.25) is 0 Å². The van der Waals surface area contributed by atoms with Crippen LogP contribution in [-0.2, 0) is 0 Å². The Bertz CT molecular complexity index is 507. The van der Waals surface area contributed by atoms with E-state index < -0.39 is 0 Å². The number of rotatable bonds is 3. The first-order valence-corrected chi connectivity index (χ1v) is 7.82. The average molecular weight is 291 g/mol. The maximum Gasteiger partial charge on any atom is 0.262 e. The molecule has 108 valence electrons. The number of nitrogens with zero attached hydrogens (tertiary/aromatic N) is 1. The third-order valence-electron chi connectivity index (χ3n) is 3.59. The molecule has 0 aliphatic carbocycles. The molecule has 1 aromatic heterocycles. The van der Waals surface area contributed by atoms with Gasteiger partial charge in [-0.3, -0.25) is 4.79 Å². The summed E-state index contributed by atoms with van der Waals surface area (Å²) in [5, 5.41) is 4.93. The third-order valence-corrected chi connectivity index (χ3v) is 4.50. The molecule has 1 aliphatic heterocycles. The van der Waals surface area contributed by atoms with Crippen LogP contribution in [0.15, 0.2) is 11.4 Å². The van der Waals surface area contributed by atoms with Crippen LogP contribution in [0.25, 0.3) is 0 Å². The van der Waals surface area contributed by atoms with E-state index in [1.807, 2.05) is 11.4 Å². The largest absolute Gasteiger partial charge is 0.351 e. The standard InChI is InChI=1S/C15H21N3OS/c1-18-8-4-12(5-9-18)11-17-15(19)14-13(3-2-7-16)6-10-20-14/h6,10,12H,4-5,7-9,11,16H2,1H3,(H,17,19). The summed E-state index contributed by atoms with van der Waals surface area (Å²) in [5.74, 6) is 6.32. The van der Waals surface area contributed by atoms with E-state index >= 15 is 0 Å². The van der Waals surface area contributed by atoms with Crippen molar-refractivity contribution in [3.05, 3.63) is 21.9 Å². The van der Waals surface area contributed by atoms with E-state index in [0.717, 1.165) is 38.0 Å². The molecule has 0 aromatic carbocycles. The Labute approximate surface area is 124 Å². The zero-order valence-electron chi connectivity index (χ0n) is 11.8. The van der Waals surface area contributed by atoms with Crippen LogP contribution < -0.4 is 11.1 Å². The molecule has 0 bridgehead atoms. The molecule has 1 aromatic rings. The smallest absolute Gasteiger partial charge is 0.262 e. The normalized spacial score (nSPS) is 16.5. The van der Waals surface area contributed by atoms with Gasteiger partial charge in [-0.25, -0.2) is 0 Å². The summed E-state index contributed by atoms with van der Waals surface area (Å²) >= 11 is 1.43. The van der Waals surface area contributed by atoms with Gasteiger partial charge in [0.25, 0.3) is 5.91 Å². The zero-order valence-corrected chi connectivity index (χ0v) is 12.6. The third kappa shape index (κ3) is 4.07. The van der Waals surface area contributed by atoms with E-state index in [1.165, 1.54) is 11.3 Å². The van der Waals surface area contributed by atoms with Crippen LogP contribution in [0.3, 0.4) is 0 Å². The van der Waals surface area contributed by atoms with Crippen molar-refractivity contribution in [1.29, 1.82) is 0 Å². The van der Waals surface area contributed by atoms with E-state index in [0.29, 0.717) is 17.3 Å². The minimum Gasteiger partial charge on any atom is -0.351 e. The SMILES string of the molecule is CN1CCC(CNC(=O)c2sccc2C#CCN)CC1.